The number of aliphatic imine (C=N–C) groups is 1. The Balaban J connectivity index is 2.00. The zero-order valence-electron chi connectivity index (χ0n) is 15.5. The van der Waals surface area contributed by atoms with Gasteiger partial charge in [-0.25, -0.2) is 4.98 Å². The van der Waals surface area contributed by atoms with Crippen LogP contribution in [0.5, 0.6) is 11.5 Å². The molecule has 2 rings (SSSR count). The van der Waals surface area contributed by atoms with Crippen molar-refractivity contribution in [1.29, 1.82) is 0 Å². The second-order valence-corrected chi connectivity index (χ2v) is 5.47. The van der Waals surface area contributed by atoms with Crippen LogP contribution in [0, 0.1) is 0 Å². The minimum atomic E-state index is 0.593. The van der Waals surface area contributed by atoms with Gasteiger partial charge in [-0.15, -0.1) is 0 Å². The average molecular weight is 346 g/mol. The fourth-order valence-electron chi connectivity index (χ4n) is 2.42. The first-order chi connectivity index (χ1) is 12.1. The van der Waals surface area contributed by atoms with E-state index in [0.717, 1.165) is 28.8 Å². The summed E-state index contributed by atoms with van der Waals surface area (Å²) in [5.74, 6) is 3.12. The number of rotatable bonds is 7. The highest BCUT2D eigenvalue weighted by molar-refractivity contribution is 5.79. The van der Waals surface area contributed by atoms with Gasteiger partial charge in [-0.1, -0.05) is 6.07 Å². The summed E-state index contributed by atoms with van der Waals surface area (Å²) >= 11 is 0. The van der Waals surface area contributed by atoms with Crippen molar-refractivity contribution in [3.63, 3.8) is 0 Å². The van der Waals surface area contributed by atoms with E-state index in [1.807, 2.05) is 44.1 Å². The predicted octanol–water partition coefficient (Wildman–Crippen LogP) is 1.43. The number of aryl methyl sites for hydroxylation is 1. The summed E-state index contributed by atoms with van der Waals surface area (Å²) in [6.45, 7) is 3.78. The molecule has 136 valence electrons. The zero-order valence-corrected chi connectivity index (χ0v) is 15.5. The quantitative estimate of drug-likeness (QED) is 0.604. The first-order valence-corrected chi connectivity index (χ1v) is 8.13. The monoisotopic (exact) mass is 346 g/mol. The summed E-state index contributed by atoms with van der Waals surface area (Å²) in [5, 5.41) is 7.43. The highest BCUT2D eigenvalue weighted by Crippen LogP contribution is 2.27. The van der Waals surface area contributed by atoms with Gasteiger partial charge in [-0.3, -0.25) is 9.67 Å². The SMILES string of the molecule is CCOc1cc(CNC(=NC)N(C)Cc2ncnn2C)ccc1OC. The molecule has 1 aromatic heterocycles. The Bertz CT molecular complexity index is 713. The van der Waals surface area contributed by atoms with Gasteiger partial charge in [0.15, 0.2) is 17.5 Å². The van der Waals surface area contributed by atoms with E-state index in [4.69, 9.17) is 9.47 Å². The van der Waals surface area contributed by atoms with Crippen LogP contribution >= 0.6 is 0 Å². The van der Waals surface area contributed by atoms with Gasteiger partial charge in [0.1, 0.15) is 12.2 Å². The lowest BCUT2D eigenvalue weighted by Gasteiger charge is -2.21. The number of nitrogens with zero attached hydrogens (tertiary/aromatic N) is 5. The minimum absolute atomic E-state index is 0.593. The topological polar surface area (TPSA) is 76.8 Å². The first kappa shape index (κ1) is 18.6. The lowest BCUT2D eigenvalue weighted by Crippen LogP contribution is -2.38. The Morgan fingerprint density at radius 3 is 2.76 bits per heavy atom. The molecule has 0 spiro atoms. The van der Waals surface area contributed by atoms with Gasteiger partial charge < -0.3 is 19.7 Å². The third-order valence-corrected chi connectivity index (χ3v) is 3.74. The highest BCUT2D eigenvalue weighted by atomic mass is 16.5. The number of methoxy groups -OCH3 is 1. The molecular weight excluding hydrogens is 320 g/mol. The number of ether oxygens (including phenoxy) is 2. The first-order valence-electron chi connectivity index (χ1n) is 8.13. The van der Waals surface area contributed by atoms with Crippen LogP contribution in [-0.2, 0) is 20.1 Å². The summed E-state index contributed by atoms with van der Waals surface area (Å²) in [5.41, 5.74) is 1.08. The molecule has 1 N–H and O–H groups in total. The van der Waals surface area contributed by atoms with Crippen LogP contribution < -0.4 is 14.8 Å². The van der Waals surface area contributed by atoms with Crippen molar-refractivity contribution in [2.45, 2.75) is 20.0 Å². The number of hydrogen-bond donors (Lipinski definition) is 1. The molecule has 2 aromatic rings. The molecule has 0 aliphatic carbocycles. The molecule has 0 bridgehead atoms. The average Bonchev–Trinajstić information content (AvgIpc) is 3.01. The summed E-state index contributed by atoms with van der Waals surface area (Å²) in [4.78, 5) is 10.6. The van der Waals surface area contributed by atoms with E-state index in [2.05, 4.69) is 20.4 Å². The normalized spacial score (nSPS) is 11.3. The molecule has 1 aromatic carbocycles. The standard InChI is InChI=1S/C17H26N6O2/c1-6-25-15-9-13(7-8-14(15)24-5)10-19-17(18-2)22(3)11-16-20-12-21-23(16)4/h7-9,12H,6,10-11H2,1-5H3,(H,18,19). The van der Waals surface area contributed by atoms with Gasteiger partial charge in [0.25, 0.3) is 0 Å². The van der Waals surface area contributed by atoms with E-state index in [9.17, 15) is 0 Å². The maximum Gasteiger partial charge on any atom is 0.194 e. The molecular formula is C17H26N6O2. The third-order valence-electron chi connectivity index (χ3n) is 3.74. The Morgan fingerprint density at radius 1 is 1.36 bits per heavy atom. The summed E-state index contributed by atoms with van der Waals surface area (Å²) < 4.78 is 12.7. The van der Waals surface area contributed by atoms with Crippen LogP contribution in [0.2, 0.25) is 0 Å². The summed E-state index contributed by atoms with van der Waals surface area (Å²) in [6.07, 6.45) is 1.55. The van der Waals surface area contributed by atoms with Crippen LogP contribution in [0.1, 0.15) is 18.3 Å². The molecule has 0 amide bonds. The van der Waals surface area contributed by atoms with E-state index in [-0.39, 0.29) is 0 Å². The van der Waals surface area contributed by atoms with E-state index in [0.29, 0.717) is 19.7 Å². The molecule has 8 nitrogen and oxygen atoms in total. The second kappa shape index (κ2) is 8.91. The van der Waals surface area contributed by atoms with Crippen LogP contribution in [0.25, 0.3) is 0 Å². The van der Waals surface area contributed by atoms with Gasteiger partial charge in [-0.2, -0.15) is 5.10 Å². The smallest absolute Gasteiger partial charge is 0.194 e. The number of nitrogens with one attached hydrogen (secondary N) is 1. The van der Waals surface area contributed by atoms with Crippen LogP contribution in [0.3, 0.4) is 0 Å². The molecule has 0 saturated carbocycles. The van der Waals surface area contributed by atoms with Crippen molar-refractivity contribution in [3.05, 3.63) is 35.9 Å². The maximum absolute atomic E-state index is 5.62. The minimum Gasteiger partial charge on any atom is -0.493 e. The van der Waals surface area contributed by atoms with Crippen LogP contribution in [0.4, 0.5) is 0 Å². The van der Waals surface area contributed by atoms with E-state index in [1.165, 1.54) is 0 Å². The van der Waals surface area contributed by atoms with Crippen molar-refractivity contribution in [2.24, 2.45) is 12.0 Å². The van der Waals surface area contributed by atoms with E-state index in [1.54, 1.807) is 25.2 Å². The zero-order chi connectivity index (χ0) is 18.2. The number of benzene rings is 1. The van der Waals surface area contributed by atoms with E-state index >= 15 is 0 Å². The van der Waals surface area contributed by atoms with Crippen molar-refractivity contribution in [1.82, 2.24) is 25.0 Å². The highest BCUT2D eigenvalue weighted by Gasteiger charge is 2.11. The molecule has 25 heavy (non-hydrogen) atoms. The molecule has 0 aliphatic rings. The van der Waals surface area contributed by atoms with Crippen molar-refractivity contribution < 1.29 is 9.47 Å². The number of guanidine groups is 1. The fourth-order valence-corrected chi connectivity index (χ4v) is 2.42. The predicted molar refractivity (Wildman–Crippen MR) is 96.8 cm³/mol. The maximum atomic E-state index is 5.62. The fraction of sp³-hybridized carbons (Fsp3) is 0.471. The summed E-state index contributed by atoms with van der Waals surface area (Å²) in [7, 11) is 7.23. The van der Waals surface area contributed by atoms with Crippen LogP contribution in [0.15, 0.2) is 29.5 Å². The molecule has 0 fully saturated rings. The Morgan fingerprint density at radius 2 is 2.16 bits per heavy atom. The number of hydrogen-bond acceptors (Lipinski definition) is 5. The van der Waals surface area contributed by atoms with Gasteiger partial charge in [0.2, 0.25) is 0 Å². The molecule has 1 heterocycles. The van der Waals surface area contributed by atoms with Crippen molar-refractivity contribution >= 4 is 5.96 Å². The van der Waals surface area contributed by atoms with Crippen LogP contribution in [-0.4, -0.2) is 53.4 Å². The molecule has 0 radical (unpaired) electrons. The molecule has 0 saturated heterocycles. The van der Waals surface area contributed by atoms with Crippen molar-refractivity contribution in [3.8, 4) is 11.5 Å². The lowest BCUT2D eigenvalue weighted by molar-refractivity contribution is 0.310. The molecule has 0 aliphatic heterocycles. The van der Waals surface area contributed by atoms with Gasteiger partial charge >= 0.3 is 0 Å². The largest absolute Gasteiger partial charge is 0.493 e. The van der Waals surface area contributed by atoms with Gasteiger partial charge in [0.05, 0.1) is 20.3 Å². The van der Waals surface area contributed by atoms with Gasteiger partial charge in [-0.05, 0) is 24.6 Å². The van der Waals surface area contributed by atoms with Gasteiger partial charge in [0, 0.05) is 27.7 Å². The molecule has 0 unspecified atom stereocenters. The molecule has 0 atom stereocenters. The summed E-state index contributed by atoms with van der Waals surface area (Å²) in [6, 6.07) is 5.89. The van der Waals surface area contributed by atoms with Crippen molar-refractivity contribution in [2.75, 3.05) is 27.8 Å². The Hall–Kier alpha value is -2.77. The van der Waals surface area contributed by atoms with E-state index < -0.39 is 0 Å². The lowest BCUT2D eigenvalue weighted by atomic mass is 10.2. The molecule has 8 heteroatoms. The number of aromatic nitrogens is 3. The second-order valence-electron chi connectivity index (χ2n) is 5.47. The third kappa shape index (κ3) is 4.85. The Kier molecular flexibility index (Phi) is 6.62. The Labute approximate surface area is 148 Å².